The van der Waals surface area contributed by atoms with Crippen LogP contribution in [-0.4, -0.2) is 42.8 Å². The molecule has 0 bridgehead atoms. The van der Waals surface area contributed by atoms with Crippen LogP contribution in [0.1, 0.15) is 19.8 Å². The standard InChI is InChI=1S/C20H19F2N3O4S2/c1-12(29-13-4-6-15(21)16(22)10-13)19(26)24-20-23-17-7-5-14(11-18(17)30-20)31(27,28)25-8-2-3-9-25/h4-7,10-12H,2-3,8-9H2,1H3,(H,23,24,26). The quantitative estimate of drug-likeness (QED) is 0.596. The smallest absolute Gasteiger partial charge is 0.266 e. The number of benzene rings is 2. The highest BCUT2D eigenvalue weighted by molar-refractivity contribution is 7.89. The van der Waals surface area contributed by atoms with Crippen LogP contribution in [0.4, 0.5) is 13.9 Å². The van der Waals surface area contributed by atoms with E-state index in [9.17, 15) is 22.0 Å². The molecule has 1 fully saturated rings. The molecule has 1 aromatic heterocycles. The Balaban J connectivity index is 1.48. The Kier molecular flexibility index (Phi) is 5.91. The minimum atomic E-state index is -3.55. The fraction of sp³-hybridized carbons (Fsp3) is 0.300. The first kappa shape index (κ1) is 21.6. The first-order chi connectivity index (χ1) is 14.7. The highest BCUT2D eigenvalue weighted by atomic mass is 32.2. The van der Waals surface area contributed by atoms with E-state index in [4.69, 9.17) is 4.74 Å². The predicted octanol–water partition coefficient (Wildman–Crippen LogP) is 3.77. The van der Waals surface area contributed by atoms with Gasteiger partial charge in [0.1, 0.15) is 5.75 Å². The highest BCUT2D eigenvalue weighted by Crippen LogP contribution is 2.30. The molecule has 0 aliphatic carbocycles. The van der Waals surface area contributed by atoms with Gasteiger partial charge in [-0.15, -0.1) is 0 Å². The number of carbonyl (C=O) groups is 1. The molecule has 0 spiro atoms. The molecule has 1 amide bonds. The van der Waals surface area contributed by atoms with Gasteiger partial charge in [-0.25, -0.2) is 22.2 Å². The second-order valence-corrected chi connectivity index (χ2v) is 10.1. The van der Waals surface area contributed by atoms with Crippen LogP contribution in [-0.2, 0) is 14.8 Å². The Morgan fingerprint density at radius 2 is 1.90 bits per heavy atom. The maximum Gasteiger partial charge on any atom is 0.266 e. The van der Waals surface area contributed by atoms with Crippen LogP contribution in [0.5, 0.6) is 5.75 Å². The van der Waals surface area contributed by atoms with E-state index in [0.29, 0.717) is 23.3 Å². The van der Waals surface area contributed by atoms with Crippen molar-refractivity contribution in [1.82, 2.24) is 9.29 Å². The Bertz CT molecular complexity index is 1240. The average molecular weight is 468 g/mol. The lowest BCUT2D eigenvalue weighted by molar-refractivity contribution is -0.122. The summed E-state index contributed by atoms with van der Waals surface area (Å²) in [6.45, 7) is 2.49. The van der Waals surface area contributed by atoms with Gasteiger partial charge in [-0.3, -0.25) is 10.1 Å². The zero-order chi connectivity index (χ0) is 22.2. The lowest BCUT2D eigenvalue weighted by atomic mass is 10.3. The molecule has 2 aromatic carbocycles. The van der Waals surface area contributed by atoms with Gasteiger partial charge >= 0.3 is 0 Å². The van der Waals surface area contributed by atoms with Gasteiger partial charge in [-0.2, -0.15) is 4.31 Å². The third kappa shape index (κ3) is 4.53. The number of ether oxygens (including phenoxy) is 1. The molecule has 1 atom stereocenters. The molecule has 1 N–H and O–H groups in total. The fourth-order valence-electron chi connectivity index (χ4n) is 3.21. The van der Waals surface area contributed by atoms with E-state index in [-0.39, 0.29) is 15.8 Å². The van der Waals surface area contributed by atoms with Crippen molar-refractivity contribution in [3.63, 3.8) is 0 Å². The Morgan fingerprint density at radius 3 is 2.61 bits per heavy atom. The second-order valence-electron chi connectivity index (χ2n) is 7.08. The van der Waals surface area contributed by atoms with Crippen molar-refractivity contribution < 1.29 is 26.7 Å². The summed E-state index contributed by atoms with van der Waals surface area (Å²) in [4.78, 5) is 16.9. The van der Waals surface area contributed by atoms with Gasteiger partial charge in [0.15, 0.2) is 22.9 Å². The molecule has 2 heterocycles. The maximum absolute atomic E-state index is 13.3. The number of halogens is 2. The number of aromatic nitrogens is 1. The summed E-state index contributed by atoms with van der Waals surface area (Å²) >= 11 is 1.14. The second kappa shape index (κ2) is 8.48. The number of sulfonamides is 1. The minimum absolute atomic E-state index is 0.0163. The van der Waals surface area contributed by atoms with Crippen LogP contribution in [0.25, 0.3) is 10.2 Å². The molecule has 1 aliphatic heterocycles. The molecule has 0 radical (unpaired) electrons. The topological polar surface area (TPSA) is 88.6 Å². The van der Waals surface area contributed by atoms with Crippen LogP contribution >= 0.6 is 11.3 Å². The van der Waals surface area contributed by atoms with Gasteiger partial charge < -0.3 is 4.74 Å². The zero-order valence-electron chi connectivity index (χ0n) is 16.5. The molecular weight excluding hydrogens is 448 g/mol. The number of fused-ring (bicyclic) bond motifs is 1. The largest absolute Gasteiger partial charge is 0.481 e. The van der Waals surface area contributed by atoms with E-state index in [1.54, 1.807) is 12.1 Å². The van der Waals surface area contributed by atoms with Gasteiger partial charge in [0.2, 0.25) is 10.0 Å². The molecule has 1 unspecified atom stereocenters. The number of nitrogens with zero attached hydrogens (tertiary/aromatic N) is 2. The Morgan fingerprint density at radius 1 is 1.16 bits per heavy atom. The van der Waals surface area contributed by atoms with Crippen molar-refractivity contribution in [2.75, 3.05) is 18.4 Å². The van der Waals surface area contributed by atoms with Gasteiger partial charge in [-0.1, -0.05) is 11.3 Å². The van der Waals surface area contributed by atoms with Crippen molar-refractivity contribution in [1.29, 1.82) is 0 Å². The zero-order valence-corrected chi connectivity index (χ0v) is 18.1. The number of hydrogen-bond acceptors (Lipinski definition) is 6. The van der Waals surface area contributed by atoms with E-state index in [2.05, 4.69) is 10.3 Å². The third-order valence-electron chi connectivity index (χ3n) is 4.87. The van der Waals surface area contributed by atoms with E-state index >= 15 is 0 Å². The SMILES string of the molecule is CC(Oc1ccc(F)c(F)c1)C(=O)Nc1nc2ccc(S(=O)(=O)N3CCCC3)cc2s1. The normalized spacial score (nSPS) is 15.8. The van der Waals surface area contributed by atoms with E-state index in [1.807, 2.05) is 0 Å². The summed E-state index contributed by atoms with van der Waals surface area (Å²) in [6, 6.07) is 7.66. The maximum atomic E-state index is 13.3. The number of rotatable bonds is 6. The summed E-state index contributed by atoms with van der Waals surface area (Å²) in [7, 11) is -3.55. The Labute approximate surface area is 181 Å². The number of hydrogen-bond donors (Lipinski definition) is 1. The Hall–Kier alpha value is -2.63. The van der Waals surface area contributed by atoms with Crippen LogP contribution in [0.2, 0.25) is 0 Å². The van der Waals surface area contributed by atoms with Gasteiger partial charge in [0, 0.05) is 19.2 Å². The summed E-state index contributed by atoms with van der Waals surface area (Å²) in [5.74, 6) is -2.60. The first-order valence-electron chi connectivity index (χ1n) is 9.57. The van der Waals surface area contributed by atoms with Gasteiger partial charge in [0.05, 0.1) is 15.1 Å². The first-order valence-corrected chi connectivity index (χ1v) is 11.8. The van der Waals surface area contributed by atoms with Crippen molar-refractivity contribution in [2.45, 2.75) is 30.8 Å². The molecule has 11 heteroatoms. The fourth-order valence-corrected chi connectivity index (χ4v) is 5.74. The summed E-state index contributed by atoms with van der Waals surface area (Å²) < 4.78 is 59.2. The average Bonchev–Trinajstić information content (AvgIpc) is 3.40. The molecule has 3 aromatic rings. The molecule has 164 valence electrons. The molecular formula is C20H19F2N3O4S2. The monoisotopic (exact) mass is 467 g/mol. The van der Waals surface area contributed by atoms with Crippen LogP contribution < -0.4 is 10.1 Å². The summed E-state index contributed by atoms with van der Waals surface area (Å²) in [5.41, 5.74) is 0.551. The van der Waals surface area contributed by atoms with Crippen molar-refractivity contribution in [3.8, 4) is 5.75 Å². The lowest BCUT2D eigenvalue weighted by Gasteiger charge is -2.15. The van der Waals surface area contributed by atoms with Gasteiger partial charge in [-0.05, 0) is 50.1 Å². The molecule has 0 saturated carbocycles. The van der Waals surface area contributed by atoms with Crippen molar-refractivity contribution >= 4 is 42.6 Å². The van der Waals surface area contributed by atoms with Crippen LogP contribution in [0.3, 0.4) is 0 Å². The third-order valence-corrected chi connectivity index (χ3v) is 7.69. The molecule has 31 heavy (non-hydrogen) atoms. The molecule has 1 aliphatic rings. The lowest BCUT2D eigenvalue weighted by Crippen LogP contribution is -2.30. The van der Waals surface area contributed by atoms with E-state index < -0.39 is 33.7 Å². The number of amides is 1. The van der Waals surface area contributed by atoms with Crippen LogP contribution in [0, 0.1) is 11.6 Å². The number of carbonyl (C=O) groups excluding carboxylic acids is 1. The number of thiazole rings is 1. The molecule has 4 rings (SSSR count). The van der Waals surface area contributed by atoms with Crippen LogP contribution in [0.15, 0.2) is 41.3 Å². The summed E-state index contributed by atoms with van der Waals surface area (Å²) in [6.07, 6.45) is 0.703. The molecule has 1 saturated heterocycles. The van der Waals surface area contributed by atoms with Gasteiger partial charge in [0.25, 0.3) is 5.91 Å². The summed E-state index contributed by atoms with van der Waals surface area (Å²) in [5, 5.41) is 2.88. The van der Waals surface area contributed by atoms with E-state index in [1.165, 1.54) is 23.4 Å². The number of nitrogens with one attached hydrogen (secondary N) is 1. The number of anilines is 1. The molecule has 7 nitrogen and oxygen atoms in total. The minimum Gasteiger partial charge on any atom is -0.481 e. The highest BCUT2D eigenvalue weighted by Gasteiger charge is 2.27. The van der Waals surface area contributed by atoms with E-state index in [0.717, 1.165) is 36.3 Å². The van der Waals surface area contributed by atoms with Crippen molar-refractivity contribution in [3.05, 3.63) is 48.0 Å². The van der Waals surface area contributed by atoms with Crippen molar-refractivity contribution in [2.24, 2.45) is 0 Å². The predicted molar refractivity (Wildman–Crippen MR) is 113 cm³/mol.